The molecule has 1 aromatic carbocycles. The summed E-state index contributed by atoms with van der Waals surface area (Å²) in [5.41, 5.74) is 0.682. The SMILES string of the molecule is COCCNC(=O)C1CCCN(C2CCN(Cc3cc(F)cc(F)c3)CC2)C1. The highest BCUT2D eigenvalue weighted by Gasteiger charge is 2.31. The fourth-order valence-electron chi connectivity index (χ4n) is 4.38. The summed E-state index contributed by atoms with van der Waals surface area (Å²) in [5.74, 6) is -0.854. The Bertz CT molecular complexity index is 630. The molecule has 0 aromatic heterocycles. The van der Waals surface area contributed by atoms with Crippen LogP contribution in [-0.4, -0.2) is 68.2 Å². The van der Waals surface area contributed by atoms with Crippen molar-refractivity contribution < 1.29 is 18.3 Å². The number of halogens is 2. The van der Waals surface area contributed by atoms with Crippen LogP contribution < -0.4 is 5.32 Å². The second-order valence-corrected chi connectivity index (χ2v) is 7.90. The number of carbonyl (C=O) groups excluding carboxylic acids is 1. The van der Waals surface area contributed by atoms with Crippen LogP contribution >= 0.6 is 0 Å². The number of methoxy groups -OCH3 is 1. The molecule has 1 N–H and O–H groups in total. The van der Waals surface area contributed by atoms with Gasteiger partial charge in [-0.05, 0) is 63.0 Å². The van der Waals surface area contributed by atoms with Gasteiger partial charge in [0, 0.05) is 38.9 Å². The Morgan fingerprint density at radius 3 is 2.54 bits per heavy atom. The highest BCUT2D eigenvalue weighted by Crippen LogP contribution is 2.25. The van der Waals surface area contributed by atoms with Gasteiger partial charge in [0.25, 0.3) is 0 Å². The fraction of sp³-hybridized carbons (Fsp3) is 0.667. The zero-order valence-corrected chi connectivity index (χ0v) is 16.6. The van der Waals surface area contributed by atoms with E-state index in [1.54, 1.807) is 7.11 Å². The number of amides is 1. The third-order valence-corrected chi connectivity index (χ3v) is 5.83. The van der Waals surface area contributed by atoms with Gasteiger partial charge in [0.05, 0.1) is 12.5 Å². The lowest BCUT2D eigenvalue weighted by atomic mass is 9.93. The number of carbonyl (C=O) groups is 1. The predicted molar refractivity (Wildman–Crippen MR) is 104 cm³/mol. The van der Waals surface area contributed by atoms with E-state index in [-0.39, 0.29) is 11.8 Å². The van der Waals surface area contributed by atoms with Gasteiger partial charge < -0.3 is 10.1 Å². The summed E-state index contributed by atoms with van der Waals surface area (Å²) >= 11 is 0. The minimum Gasteiger partial charge on any atom is -0.383 e. The first kappa shape index (κ1) is 21.1. The maximum absolute atomic E-state index is 13.4. The van der Waals surface area contributed by atoms with Crippen molar-refractivity contribution in [3.63, 3.8) is 0 Å². The molecule has 0 spiro atoms. The Labute approximate surface area is 166 Å². The summed E-state index contributed by atoms with van der Waals surface area (Å²) < 4.78 is 31.8. The molecule has 2 aliphatic heterocycles. The van der Waals surface area contributed by atoms with Gasteiger partial charge in [0.15, 0.2) is 0 Å². The van der Waals surface area contributed by atoms with Crippen molar-refractivity contribution in [3.8, 4) is 0 Å². The molecule has 2 saturated heterocycles. The number of likely N-dealkylation sites (tertiary alicyclic amines) is 2. The summed E-state index contributed by atoms with van der Waals surface area (Å²) in [6.07, 6.45) is 4.04. The van der Waals surface area contributed by atoms with E-state index in [1.165, 1.54) is 12.1 Å². The number of ether oxygens (including phenoxy) is 1. The quantitative estimate of drug-likeness (QED) is 0.720. The highest BCUT2D eigenvalue weighted by molar-refractivity contribution is 5.78. The van der Waals surface area contributed by atoms with Gasteiger partial charge in [-0.2, -0.15) is 0 Å². The van der Waals surface area contributed by atoms with E-state index in [4.69, 9.17) is 4.74 Å². The van der Waals surface area contributed by atoms with E-state index in [1.807, 2.05) is 0 Å². The second kappa shape index (κ2) is 10.3. The Morgan fingerprint density at radius 1 is 1.14 bits per heavy atom. The van der Waals surface area contributed by atoms with E-state index in [9.17, 15) is 13.6 Å². The van der Waals surface area contributed by atoms with E-state index in [0.29, 0.717) is 31.3 Å². The Hall–Kier alpha value is -1.57. The molecule has 2 fully saturated rings. The van der Waals surface area contributed by atoms with Gasteiger partial charge in [0.2, 0.25) is 5.91 Å². The van der Waals surface area contributed by atoms with Crippen LogP contribution in [0.4, 0.5) is 8.78 Å². The van der Waals surface area contributed by atoms with Crippen molar-refractivity contribution >= 4 is 5.91 Å². The first-order valence-electron chi connectivity index (χ1n) is 10.2. The molecular formula is C21H31F2N3O2. The minimum atomic E-state index is -0.520. The zero-order valence-electron chi connectivity index (χ0n) is 16.6. The van der Waals surface area contributed by atoms with E-state index >= 15 is 0 Å². The molecule has 0 radical (unpaired) electrons. The molecule has 28 heavy (non-hydrogen) atoms. The topological polar surface area (TPSA) is 44.8 Å². The predicted octanol–water partition coefficient (Wildman–Crippen LogP) is 2.40. The van der Waals surface area contributed by atoms with Gasteiger partial charge in [-0.1, -0.05) is 0 Å². The Kier molecular flexibility index (Phi) is 7.76. The monoisotopic (exact) mass is 395 g/mol. The average molecular weight is 395 g/mol. The molecule has 156 valence electrons. The van der Waals surface area contributed by atoms with Crippen LogP contribution in [0.25, 0.3) is 0 Å². The lowest BCUT2D eigenvalue weighted by molar-refractivity contribution is -0.127. The molecule has 2 aliphatic rings. The summed E-state index contributed by atoms with van der Waals surface area (Å²) in [4.78, 5) is 17.1. The normalized spacial score (nSPS) is 22.3. The average Bonchev–Trinajstić information content (AvgIpc) is 2.68. The van der Waals surface area contributed by atoms with Crippen molar-refractivity contribution in [3.05, 3.63) is 35.4 Å². The first-order chi connectivity index (χ1) is 13.5. The summed E-state index contributed by atoms with van der Waals surface area (Å²) in [5, 5.41) is 2.96. The summed E-state index contributed by atoms with van der Waals surface area (Å²) in [7, 11) is 1.63. The van der Waals surface area contributed by atoms with Gasteiger partial charge >= 0.3 is 0 Å². The first-order valence-corrected chi connectivity index (χ1v) is 10.2. The second-order valence-electron chi connectivity index (χ2n) is 7.90. The van der Waals surface area contributed by atoms with Crippen molar-refractivity contribution in [2.75, 3.05) is 46.4 Å². The third kappa shape index (κ3) is 5.96. The zero-order chi connectivity index (χ0) is 19.9. The fourth-order valence-corrected chi connectivity index (χ4v) is 4.38. The smallest absolute Gasteiger partial charge is 0.224 e. The number of benzene rings is 1. The molecule has 0 aliphatic carbocycles. The Balaban J connectivity index is 1.45. The number of nitrogens with zero attached hydrogens (tertiary/aromatic N) is 2. The van der Waals surface area contributed by atoms with Gasteiger partial charge in [-0.25, -0.2) is 8.78 Å². The number of nitrogens with one attached hydrogen (secondary N) is 1. The van der Waals surface area contributed by atoms with Crippen LogP contribution in [0.5, 0.6) is 0 Å². The van der Waals surface area contributed by atoms with Crippen molar-refractivity contribution in [2.24, 2.45) is 5.92 Å². The molecular weight excluding hydrogens is 364 g/mol. The number of piperidine rings is 2. The molecule has 1 unspecified atom stereocenters. The molecule has 0 bridgehead atoms. The number of hydrogen-bond donors (Lipinski definition) is 1. The van der Waals surface area contributed by atoms with Crippen molar-refractivity contribution in [1.29, 1.82) is 0 Å². The van der Waals surface area contributed by atoms with Crippen LogP contribution in [0.2, 0.25) is 0 Å². The number of hydrogen-bond acceptors (Lipinski definition) is 4. The maximum Gasteiger partial charge on any atom is 0.224 e. The molecule has 1 atom stereocenters. The maximum atomic E-state index is 13.4. The minimum absolute atomic E-state index is 0.0545. The summed E-state index contributed by atoms with van der Waals surface area (Å²) in [6, 6.07) is 4.21. The van der Waals surface area contributed by atoms with Crippen molar-refractivity contribution in [1.82, 2.24) is 15.1 Å². The molecule has 2 heterocycles. The Morgan fingerprint density at radius 2 is 1.86 bits per heavy atom. The van der Waals surface area contributed by atoms with Crippen LogP contribution in [0.3, 0.4) is 0 Å². The standard InChI is InChI=1S/C21H31F2N3O2/c1-28-10-6-24-21(27)17-3-2-7-26(15-17)20-4-8-25(9-5-20)14-16-11-18(22)13-19(23)12-16/h11-13,17,20H,2-10,14-15H2,1H3,(H,24,27). The van der Waals surface area contributed by atoms with Crippen LogP contribution in [-0.2, 0) is 16.1 Å². The van der Waals surface area contributed by atoms with Crippen LogP contribution in [0.15, 0.2) is 18.2 Å². The van der Waals surface area contributed by atoms with Crippen molar-refractivity contribution in [2.45, 2.75) is 38.3 Å². The lowest BCUT2D eigenvalue weighted by Crippen LogP contribution is -2.50. The van der Waals surface area contributed by atoms with Gasteiger partial charge in [0.1, 0.15) is 11.6 Å². The largest absolute Gasteiger partial charge is 0.383 e. The van der Waals surface area contributed by atoms with E-state index < -0.39 is 11.6 Å². The van der Waals surface area contributed by atoms with Gasteiger partial charge in [-0.3, -0.25) is 14.6 Å². The lowest BCUT2D eigenvalue weighted by Gasteiger charge is -2.42. The molecule has 3 rings (SSSR count). The molecule has 1 amide bonds. The van der Waals surface area contributed by atoms with E-state index in [0.717, 1.165) is 57.9 Å². The van der Waals surface area contributed by atoms with Gasteiger partial charge in [-0.15, -0.1) is 0 Å². The molecule has 7 heteroatoms. The molecule has 5 nitrogen and oxygen atoms in total. The van der Waals surface area contributed by atoms with Crippen LogP contribution in [0.1, 0.15) is 31.2 Å². The highest BCUT2D eigenvalue weighted by atomic mass is 19.1. The molecule has 1 aromatic rings. The third-order valence-electron chi connectivity index (χ3n) is 5.83. The number of rotatable bonds is 7. The summed E-state index contributed by atoms with van der Waals surface area (Å²) in [6.45, 7) is 5.35. The van der Waals surface area contributed by atoms with E-state index in [2.05, 4.69) is 15.1 Å². The van der Waals surface area contributed by atoms with Crippen LogP contribution in [0, 0.1) is 17.6 Å². The molecule has 0 saturated carbocycles.